The van der Waals surface area contributed by atoms with E-state index in [1.54, 1.807) is 49.4 Å². The molecule has 1 amide bonds. The van der Waals surface area contributed by atoms with E-state index in [4.69, 9.17) is 10.00 Å². The molecule has 5 heteroatoms. The molecule has 0 spiro atoms. The second-order valence-electron chi connectivity index (χ2n) is 4.82. The summed E-state index contributed by atoms with van der Waals surface area (Å²) in [4.78, 5) is 14.2. The van der Waals surface area contributed by atoms with E-state index in [9.17, 15) is 4.79 Å². The lowest BCUT2D eigenvalue weighted by Gasteiger charge is -2.18. The third kappa shape index (κ3) is 3.66. The van der Waals surface area contributed by atoms with Crippen molar-refractivity contribution in [2.24, 2.45) is 0 Å². The summed E-state index contributed by atoms with van der Waals surface area (Å²) in [5.74, 6) is 0.536. The number of ether oxygens (including phenoxy) is 1. The Morgan fingerprint density at radius 1 is 1.27 bits per heavy atom. The van der Waals surface area contributed by atoms with Gasteiger partial charge in [0.15, 0.2) is 0 Å². The van der Waals surface area contributed by atoms with Gasteiger partial charge in [-0.15, -0.1) is 0 Å². The SMILES string of the molecule is COc1ccc(Br)c(C(=O)N(C)Cc2ccc(C#N)cc2)c1. The van der Waals surface area contributed by atoms with Crippen molar-refractivity contribution in [1.82, 2.24) is 4.90 Å². The van der Waals surface area contributed by atoms with Gasteiger partial charge in [-0.05, 0) is 51.8 Å². The summed E-state index contributed by atoms with van der Waals surface area (Å²) in [6, 6.07) is 14.6. The minimum absolute atomic E-state index is 0.102. The molecular formula is C17H15BrN2O2. The molecule has 2 aromatic rings. The molecule has 0 atom stereocenters. The Kier molecular flexibility index (Phi) is 5.18. The molecule has 2 aromatic carbocycles. The maximum Gasteiger partial charge on any atom is 0.255 e. The number of benzene rings is 2. The monoisotopic (exact) mass is 358 g/mol. The van der Waals surface area contributed by atoms with Gasteiger partial charge in [0.05, 0.1) is 24.3 Å². The predicted octanol–water partition coefficient (Wildman–Crippen LogP) is 3.60. The van der Waals surface area contributed by atoms with Gasteiger partial charge in [0.1, 0.15) is 5.75 Å². The zero-order chi connectivity index (χ0) is 16.1. The van der Waals surface area contributed by atoms with Crippen LogP contribution in [0.25, 0.3) is 0 Å². The number of nitriles is 1. The van der Waals surface area contributed by atoms with Crippen molar-refractivity contribution in [2.45, 2.75) is 6.54 Å². The predicted molar refractivity (Wildman–Crippen MR) is 87.6 cm³/mol. The van der Waals surface area contributed by atoms with Crippen molar-refractivity contribution < 1.29 is 9.53 Å². The molecule has 0 saturated carbocycles. The van der Waals surface area contributed by atoms with E-state index in [2.05, 4.69) is 22.0 Å². The van der Waals surface area contributed by atoms with E-state index >= 15 is 0 Å². The molecule has 112 valence electrons. The topological polar surface area (TPSA) is 53.3 Å². The second kappa shape index (κ2) is 7.10. The number of amides is 1. The molecule has 0 aromatic heterocycles. The molecule has 2 rings (SSSR count). The van der Waals surface area contributed by atoms with Crippen LogP contribution in [0.1, 0.15) is 21.5 Å². The van der Waals surface area contributed by atoms with Gasteiger partial charge in [0.2, 0.25) is 0 Å². The first-order valence-electron chi connectivity index (χ1n) is 6.63. The summed E-state index contributed by atoms with van der Waals surface area (Å²) < 4.78 is 5.89. The highest BCUT2D eigenvalue weighted by atomic mass is 79.9. The quantitative estimate of drug-likeness (QED) is 0.838. The van der Waals surface area contributed by atoms with Gasteiger partial charge in [0.25, 0.3) is 5.91 Å². The highest BCUT2D eigenvalue weighted by Crippen LogP contribution is 2.24. The van der Waals surface area contributed by atoms with Gasteiger partial charge >= 0.3 is 0 Å². The van der Waals surface area contributed by atoms with Crippen molar-refractivity contribution in [1.29, 1.82) is 5.26 Å². The molecule has 0 fully saturated rings. The fourth-order valence-corrected chi connectivity index (χ4v) is 2.45. The minimum Gasteiger partial charge on any atom is -0.497 e. The van der Waals surface area contributed by atoms with E-state index in [1.165, 1.54) is 0 Å². The highest BCUT2D eigenvalue weighted by Gasteiger charge is 2.16. The number of hydrogen-bond acceptors (Lipinski definition) is 3. The molecule has 0 aliphatic carbocycles. The third-order valence-electron chi connectivity index (χ3n) is 3.25. The summed E-state index contributed by atoms with van der Waals surface area (Å²) >= 11 is 3.39. The first-order valence-corrected chi connectivity index (χ1v) is 7.42. The van der Waals surface area contributed by atoms with Crippen LogP contribution < -0.4 is 4.74 Å². The van der Waals surface area contributed by atoms with Crippen molar-refractivity contribution >= 4 is 21.8 Å². The second-order valence-corrected chi connectivity index (χ2v) is 5.67. The van der Waals surface area contributed by atoms with Crippen molar-refractivity contribution in [3.05, 3.63) is 63.6 Å². The molecule has 0 unspecified atom stereocenters. The number of methoxy groups -OCH3 is 1. The third-order valence-corrected chi connectivity index (χ3v) is 3.94. The van der Waals surface area contributed by atoms with E-state index in [0.717, 1.165) is 10.0 Å². The minimum atomic E-state index is -0.102. The summed E-state index contributed by atoms with van der Waals surface area (Å²) in [5.41, 5.74) is 2.12. The van der Waals surface area contributed by atoms with Crippen LogP contribution in [0, 0.1) is 11.3 Å². The van der Waals surface area contributed by atoms with Crippen molar-refractivity contribution in [2.75, 3.05) is 14.2 Å². The van der Waals surface area contributed by atoms with Gasteiger partial charge < -0.3 is 9.64 Å². The maximum absolute atomic E-state index is 12.5. The molecule has 0 heterocycles. The molecule has 0 saturated heterocycles. The summed E-state index contributed by atoms with van der Waals surface area (Å²) in [6.07, 6.45) is 0. The number of carbonyl (C=O) groups excluding carboxylic acids is 1. The zero-order valence-corrected chi connectivity index (χ0v) is 13.9. The molecule has 0 aliphatic rings. The number of rotatable bonds is 4. The summed E-state index contributed by atoms with van der Waals surface area (Å²) in [5, 5.41) is 8.80. The fraction of sp³-hybridized carbons (Fsp3) is 0.176. The molecule has 0 radical (unpaired) electrons. The molecule has 22 heavy (non-hydrogen) atoms. The average molecular weight is 359 g/mol. The van der Waals surface area contributed by atoms with E-state index in [1.807, 2.05) is 12.1 Å². The van der Waals surface area contributed by atoms with Crippen molar-refractivity contribution in [3.63, 3.8) is 0 Å². The number of carbonyl (C=O) groups is 1. The Hall–Kier alpha value is -2.32. The summed E-state index contributed by atoms with van der Waals surface area (Å²) in [6.45, 7) is 0.466. The van der Waals surface area contributed by atoms with E-state index in [0.29, 0.717) is 23.4 Å². The van der Waals surface area contributed by atoms with Crippen LogP contribution >= 0.6 is 15.9 Å². The van der Waals surface area contributed by atoms with Crippen LogP contribution in [0.2, 0.25) is 0 Å². The Labute approximate surface area is 138 Å². The Morgan fingerprint density at radius 3 is 2.55 bits per heavy atom. The normalized spacial score (nSPS) is 9.91. The lowest BCUT2D eigenvalue weighted by Crippen LogP contribution is -2.26. The molecule has 4 nitrogen and oxygen atoms in total. The van der Waals surface area contributed by atoms with Crippen LogP contribution in [0.4, 0.5) is 0 Å². The first kappa shape index (κ1) is 16.1. The lowest BCUT2D eigenvalue weighted by atomic mass is 10.1. The number of nitrogens with zero attached hydrogens (tertiary/aromatic N) is 2. The smallest absolute Gasteiger partial charge is 0.255 e. The largest absolute Gasteiger partial charge is 0.497 e. The average Bonchev–Trinajstić information content (AvgIpc) is 2.55. The first-order chi connectivity index (χ1) is 10.5. The molecule has 0 N–H and O–H groups in total. The van der Waals surface area contributed by atoms with Crippen LogP contribution in [0.15, 0.2) is 46.9 Å². The molecule has 0 aliphatic heterocycles. The number of hydrogen-bond donors (Lipinski definition) is 0. The van der Waals surface area contributed by atoms with Gasteiger partial charge in [-0.25, -0.2) is 0 Å². The standard InChI is InChI=1S/C17H15BrN2O2/c1-20(11-13-5-3-12(10-19)4-6-13)17(21)15-9-14(22-2)7-8-16(15)18/h3-9H,11H2,1-2H3. The Morgan fingerprint density at radius 2 is 1.95 bits per heavy atom. The zero-order valence-electron chi connectivity index (χ0n) is 12.3. The van der Waals surface area contributed by atoms with Gasteiger partial charge in [-0.2, -0.15) is 5.26 Å². The van der Waals surface area contributed by atoms with E-state index in [-0.39, 0.29) is 5.91 Å². The van der Waals surface area contributed by atoms with Crippen molar-refractivity contribution in [3.8, 4) is 11.8 Å². The van der Waals surface area contributed by atoms with E-state index < -0.39 is 0 Å². The highest BCUT2D eigenvalue weighted by molar-refractivity contribution is 9.10. The lowest BCUT2D eigenvalue weighted by molar-refractivity contribution is 0.0784. The summed E-state index contributed by atoms with van der Waals surface area (Å²) in [7, 11) is 3.31. The van der Waals surface area contributed by atoms with Crippen LogP contribution in [0.5, 0.6) is 5.75 Å². The van der Waals surface area contributed by atoms with Crippen LogP contribution in [-0.4, -0.2) is 25.0 Å². The van der Waals surface area contributed by atoms with Crippen LogP contribution in [-0.2, 0) is 6.54 Å². The molecule has 0 bridgehead atoms. The Balaban J connectivity index is 2.16. The van der Waals surface area contributed by atoms with Gasteiger partial charge in [-0.1, -0.05) is 12.1 Å². The van der Waals surface area contributed by atoms with Gasteiger partial charge in [-0.3, -0.25) is 4.79 Å². The molecular weight excluding hydrogens is 344 g/mol. The maximum atomic E-state index is 12.5. The van der Waals surface area contributed by atoms with Gasteiger partial charge in [0, 0.05) is 18.1 Å². The van der Waals surface area contributed by atoms with Crippen LogP contribution in [0.3, 0.4) is 0 Å². The Bertz CT molecular complexity index is 720. The fourth-order valence-electron chi connectivity index (χ4n) is 2.03. The number of halogens is 1.